The van der Waals surface area contributed by atoms with Crippen molar-refractivity contribution < 1.29 is 9.90 Å². The van der Waals surface area contributed by atoms with Crippen LogP contribution in [0, 0.1) is 0 Å². The zero-order valence-electron chi connectivity index (χ0n) is 6.44. The van der Waals surface area contributed by atoms with E-state index in [1.54, 1.807) is 18.2 Å². The average Bonchev–Trinajstić information content (AvgIpc) is 2.48. The van der Waals surface area contributed by atoms with Crippen LogP contribution in [0.1, 0.15) is 10.4 Å². The first-order valence-corrected chi connectivity index (χ1v) is 3.93. The molecule has 0 aliphatic rings. The largest absolute Gasteiger partial charge is 0.478 e. The SMILES string of the molecule is O=C(O)c1cnn2c(Cl)cccc12. The minimum atomic E-state index is -1.00. The highest BCUT2D eigenvalue weighted by atomic mass is 35.5. The van der Waals surface area contributed by atoms with Gasteiger partial charge in [-0.05, 0) is 12.1 Å². The third-order valence-electron chi connectivity index (χ3n) is 1.73. The minimum absolute atomic E-state index is 0.155. The summed E-state index contributed by atoms with van der Waals surface area (Å²) >= 11 is 5.78. The smallest absolute Gasteiger partial charge is 0.339 e. The minimum Gasteiger partial charge on any atom is -0.478 e. The highest BCUT2D eigenvalue weighted by Gasteiger charge is 2.11. The number of aromatic carboxylic acids is 1. The van der Waals surface area contributed by atoms with Gasteiger partial charge in [-0.15, -0.1) is 0 Å². The number of hydrogen-bond acceptors (Lipinski definition) is 2. The summed E-state index contributed by atoms with van der Waals surface area (Å²) in [7, 11) is 0. The molecule has 1 N–H and O–H groups in total. The lowest BCUT2D eigenvalue weighted by molar-refractivity contribution is 0.0699. The molecule has 0 spiro atoms. The van der Waals surface area contributed by atoms with E-state index >= 15 is 0 Å². The van der Waals surface area contributed by atoms with Crippen molar-refractivity contribution in [2.24, 2.45) is 0 Å². The normalized spacial score (nSPS) is 10.5. The van der Waals surface area contributed by atoms with Crippen LogP contribution in [0.3, 0.4) is 0 Å². The Hall–Kier alpha value is -1.55. The lowest BCUT2D eigenvalue weighted by atomic mass is 10.3. The van der Waals surface area contributed by atoms with Crippen molar-refractivity contribution in [2.75, 3.05) is 0 Å². The zero-order valence-corrected chi connectivity index (χ0v) is 7.19. The number of aromatic nitrogens is 2. The van der Waals surface area contributed by atoms with Crippen molar-refractivity contribution in [2.45, 2.75) is 0 Å². The Bertz CT molecular complexity index is 478. The predicted octanol–water partition coefficient (Wildman–Crippen LogP) is 1.69. The van der Waals surface area contributed by atoms with Gasteiger partial charge in [0.25, 0.3) is 0 Å². The maximum Gasteiger partial charge on any atom is 0.339 e. The summed E-state index contributed by atoms with van der Waals surface area (Å²) < 4.78 is 1.38. The summed E-state index contributed by atoms with van der Waals surface area (Å²) in [5, 5.41) is 13.0. The second-order valence-corrected chi connectivity index (χ2v) is 2.90. The molecule has 5 heteroatoms. The highest BCUT2D eigenvalue weighted by Crippen LogP contribution is 2.15. The molecule has 66 valence electrons. The van der Waals surface area contributed by atoms with Gasteiger partial charge in [0.15, 0.2) is 0 Å². The summed E-state index contributed by atoms with van der Waals surface area (Å²) in [5.41, 5.74) is 0.655. The maximum absolute atomic E-state index is 10.7. The molecule has 0 bridgehead atoms. The molecule has 0 atom stereocenters. The molecule has 4 nitrogen and oxygen atoms in total. The standard InChI is InChI=1S/C8H5ClN2O2/c9-7-3-1-2-6-5(8(12)13)4-10-11(6)7/h1-4H,(H,12,13). The number of carboxylic acids is 1. The van der Waals surface area contributed by atoms with E-state index in [2.05, 4.69) is 5.10 Å². The van der Waals surface area contributed by atoms with Crippen LogP contribution in [0.25, 0.3) is 5.52 Å². The van der Waals surface area contributed by atoms with Crippen LogP contribution in [0.4, 0.5) is 0 Å². The molecule has 0 amide bonds. The van der Waals surface area contributed by atoms with Crippen LogP contribution < -0.4 is 0 Å². The van der Waals surface area contributed by atoms with Crippen molar-refractivity contribution in [1.82, 2.24) is 9.61 Å². The van der Waals surface area contributed by atoms with Crippen LogP contribution in [0.5, 0.6) is 0 Å². The summed E-state index contributed by atoms with van der Waals surface area (Å²) in [4.78, 5) is 10.7. The summed E-state index contributed by atoms with van der Waals surface area (Å²) in [5.74, 6) is -1.00. The molecule has 2 aromatic heterocycles. The number of carbonyl (C=O) groups is 1. The van der Waals surface area contributed by atoms with Crippen LogP contribution in [0.15, 0.2) is 24.4 Å². The van der Waals surface area contributed by atoms with E-state index in [9.17, 15) is 4.79 Å². The van der Waals surface area contributed by atoms with Gasteiger partial charge < -0.3 is 5.11 Å². The Labute approximate surface area is 78.4 Å². The maximum atomic E-state index is 10.7. The number of pyridine rings is 1. The van der Waals surface area contributed by atoms with Gasteiger partial charge in [0.05, 0.1) is 11.7 Å². The van der Waals surface area contributed by atoms with E-state index in [-0.39, 0.29) is 5.56 Å². The Morgan fingerprint density at radius 3 is 3.00 bits per heavy atom. The quantitative estimate of drug-likeness (QED) is 0.707. The summed E-state index contributed by atoms with van der Waals surface area (Å²) in [6, 6.07) is 4.99. The molecule has 0 unspecified atom stereocenters. The first-order valence-electron chi connectivity index (χ1n) is 3.55. The molecule has 0 aromatic carbocycles. The topological polar surface area (TPSA) is 54.6 Å². The number of halogens is 1. The zero-order chi connectivity index (χ0) is 9.42. The molecule has 13 heavy (non-hydrogen) atoms. The van der Waals surface area contributed by atoms with Gasteiger partial charge in [0, 0.05) is 0 Å². The first-order chi connectivity index (χ1) is 6.20. The van der Waals surface area contributed by atoms with Gasteiger partial charge in [-0.2, -0.15) is 5.10 Å². The van der Waals surface area contributed by atoms with Gasteiger partial charge in [0.2, 0.25) is 0 Å². The average molecular weight is 197 g/mol. The number of carboxylic acid groups (broad SMARTS) is 1. The van der Waals surface area contributed by atoms with Crippen molar-refractivity contribution in [3.63, 3.8) is 0 Å². The Morgan fingerprint density at radius 1 is 1.54 bits per heavy atom. The van der Waals surface area contributed by atoms with Crippen LogP contribution in [-0.4, -0.2) is 20.7 Å². The molecule has 0 aliphatic carbocycles. The van der Waals surface area contributed by atoms with E-state index < -0.39 is 5.97 Å². The fraction of sp³-hybridized carbons (Fsp3) is 0. The molecule has 0 fully saturated rings. The fourth-order valence-electron chi connectivity index (χ4n) is 1.14. The monoisotopic (exact) mass is 196 g/mol. The van der Waals surface area contributed by atoms with Crippen LogP contribution in [-0.2, 0) is 0 Å². The summed E-state index contributed by atoms with van der Waals surface area (Å²) in [6.45, 7) is 0. The van der Waals surface area contributed by atoms with Gasteiger partial charge in [-0.3, -0.25) is 0 Å². The second-order valence-electron chi connectivity index (χ2n) is 2.51. The van der Waals surface area contributed by atoms with Crippen molar-refractivity contribution >= 4 is 23.1 Å². The summed E-state index contributed by atoms with van der Waals surface area (Å²) in [6.07, 6.45) is 1.28. The van der Waals surface area contributed by atoms with Crippen molar-refractivity contribution in [3.8, 4) is 0 Å². The molecular weight excluding hydrogens is 192 g/mol. The Balaban J connectivity index is 2.83. The molecule has 0 aliphatic heterocycles. The number of fused-ring (bicyclic) bond motifs is 1. The van der Waals surface area contributed by atoms with Crippen LogP contribution >= 0.6 is 11.6 Å². The number of nitrogens with zero attached hydrogens (tertiary/aromatic N) is 2. The molecule has 2 aromatic rings. The van der Waals surface area contributed by atoms with E-state index in [1.807, 2.05) is 0 Å². The van der Waals surface area contributed by atoms with E-state index in [0.29, 0.717) is 10.7 Å². The van der Waals surface area contributed by atoms with E-state index in [1.165, 1.54) is 10.7 Å². The second kappa shape index (κ2) is 2.74. The molecule has 2 heterocycles. The Kier molecular flexibility index (Phi) is 1.70. The fourth-order valence-corrected chi connectivity index (χ4v) is 1.35. The molecule has 0 saturated carbocycles. The van der Waals surface area contributed by atoms with E-state index in [4.69, 9.17) is 16.7 Å². The molecule has 0 saturated heterocycles. The number of rotatable bonds is 1. The Morgan fingerprint density at radius 2 is 2.31 bits per heavy atom. The number of hydrogen-bond donors (Lipinski definition) is 1. The highest BCUT2D eigenvalue weighted by molar-refractivity contribution is 6.29. The van der Waals surface area contributed by atoms with Crippen molar-refractivity contribution in [1.29, 1.82) is 0 Å². The predicted molar refractivity (Wildman–Crippen MR) is 47.2 cm³/mol. The first kappa shape index (κ1) is 8.07. The lowest BCUT2D eigenvalue weighted by Gasteiger charge is -1.95. The van der Waals surface area contributed by atoms with Gasteiger partial charge in [-0.25, -0.2) is 9.31 Å². The lowest BCUT2D eigenvalue weighted by Crippen LogP contribution is -1.95. The van der Waals surface area contributed by atoms with Crippen molar-refractivity contribution in [3.05, 3.63) is 35.1 Å². The van der Waals surface area contributed by atoms with E-state index in [0.717, 1.165) is 0 Å². The molecular formula is C8H5ClN2O2. The van der Waals surface area contributed by atoms with Gasteiger partial charge >= 0.3 is 5.97 Å². The molecule has 0 radical (unpaired) electrons. The molecule has 2 rings (SSSR count). The van der Waals surface area contributed by atoms with Crippen LogP contribution in [0.2, 0.25) is 5.15 Å². The third-order valence-corrected chi connectivity index (χ3v) is 2.01. The third kappa shape index (κ3) is 1.15. The van der Waals surface area contributed by atoms with Gasteiger partial charge in [0.1, 0.15) is 10.7 Å². The van der Waals surface area contributed by atoms with Gasteiger partial charge in [-0.1, -0.05) is 17.7 Å².